The van der Waals surface area contributed by atoms with Crippen molar-refractivity contribution in [1.29, 1.82) is 0 Å². The van der Waals surface area contributed by atoms with Gasteiger partial charge < -0.3 is 45.7 Å². The molecular formula is C85H76N4O11. The number of carboxylic acid groups (broad SMARTS) is 2. The fraction of sp³-hybridized carbons (Fsp3) is 0.0824. The van der Waals surface area contributed by atoms with Crippen LogP contribution in [0.2, 0.25) is 0 Å². The van der Waals surface area contributed by atoms with Gasteiger partial charge in [0.15, 0.2) is 0 Å². The third-order valence-electron chi connectivity index (χ3n) is 15.4. The van der Waals surface area contributed by atoms with E-state index in [2.05, 4.69) is 27.8 Å². The number of rotatable bonds is 21. The van der Waals surface area contributed by atoms with Crippen LogP contribution < -0.4 is 35.5 Å². The molecule has 0 fully saturated rings. The zero-order valence-corrected chi connectivity index (χ0v) is 56.0. The van der Waals surface area contributed by atoms with Crippen LogP contribution in [0, 0.1) is 13.8 Å². The summed E-state index contributed by atoms with van der Waals surface area (Å²) in [4.78, 5) is 72.3. The molecule has 0 aliphatic carbocycles. The van der Waals surface area contributed by atoms with Crippen molar-refractivity contribution in [2.24, 2.45) is 0 Å². The van der Waals surface area contributed by atoms with E-state index >= 15 is 0 Å². The molecule has 4 amide bonds. The summed E-state index contributed by atoms with van der Waals surface area (Å²) < 4.78 is 15.7. The van der Waals surface area contributed by atoms with Crippen molar-refractivity contribution in [2.45, 2.75) is 26.7 Å². The number of hydrogen-bond acceptors (Lipinski definition) is 9. The second kappa shape index (κ2) is 37.2. The number of anilines is 4. The minimum absolute atomic E-state index is 0.0304. The van der Waals surface area contributed by atoms with Gasteiger partial charge in [-0.15, -0.1) is 0 Å². The van der Waals surface area contributed by atoms with Crippen molar-refractivity contribution >= 4 is 88.7 Å². The second-order valence-corrected chi connectivity index (χ2v) is 22.5. The maximum absolute atomic E-state index is 12.4. The lowest BCUT2D eigenvalue weighted by molar-refractivity contribution is 0.0687. The van der Waals surface area contributed by atoms with Crippen LogP contribution in [0.15, 0.2) is 273 Å². The number of carbonyl (C=O) groups excluding carboxylic acids is 4. The van der Waals surface area contributed by atoms with Crippen molar-refractivity contribution in [3.63, 3.8) is 0 Å². The van der Waals surface area contributed by atoms with Crippen LogP contribution in [0.1, 0.15) is 112 Å². The van der Waals surface area contributed by atoms with Crippen molar-refractivity contribution in [3.8, 4) is 17.2 Å². The molecule has 0 spiro atoms. The number of hydrogen-bond donors (Lipinski definition) is 6. The highest BCUT2D eigenvalue weighted by molar-refractivity contribution is 6.09. The normalized spacial score (nSPS) is 10.4. The largest absolute Gasteiger partial charge is 0.497 e. The van der Waals surface area contributed by atoms with Gasteiger partial charge in [-0.2, -0.15) is 0 Å². The first kappa shape index (κ1) is 72.7. The number of carboxylic acids is 2. The summed E-state index contributed by atoms with van der Waals surface area (Å²) in [5.41, 5.74) is 13.4. The van der Waals surface area contributed by atoms with Gasteiger partial charge in [-0.25, -0.2) is 9.59 Å². The molecule has 0 aliphatic heterocycles. The van der Waals surface area contributed by atoms with Gasteiger partial charge in [-0.05, 0) is 198 Å². The average Bonchev–Trinajstić information content (AvgIpc) is 0.852. The van der Waals surface area contributed by atoms with E-state index in [1.807, 2.05) is 196 Å². The Labute approximate surface area is 582 Å². The van der Waals surface area contributed by atoms with Gasteiger partial charge in [-0.3, -0.25) is 19.2 Å². The lowest BCUT2D eigenvalue weighted by Crippen LogP contribution is -2.15. The third kappa shape index (κ3) is 22.2. The van der Waals surface area contributed by atoms with E-state index in [1.165, 1.54) is 12.1 Å². The predicted molar refractivity (Wildman–Crippen MR) is 401 cm³/mol. The van der Waals surface area contributed by atoms with Gasteiger partial charge in [0.25, 0.3) is 23.6 Å². The molecule has 11 aromatic carbocycles. The summed E-state index contributed by atoms with van der Waals surface area (Å²) in [6, 6.07) is 80.7. The molecule has 0 aliphatic rings. The Morgan fingerprint density at radius 1 is 0.330 bits per heavy atom. The number of ether oxygens (including phenoxy) is 3. The molecule has 0 unspecified atom stereocenters. The van der Waals surface area contributed by atoms with Crippen LogP contribution in [0.25, 0.3) is 30.4 Å². The maximum Gasteiger partial charge on any atom is 0.337 e. The van der Waals surface area contributed by atoms with E-state index < -0.39 is 11.9 Å². The Balaban J connectivity index is 0.000000172. The molecule has 0 saturated heterocycles. The van der Waals surface area contributed by atoms with Gasteiger partial charge in [0.2, 0.25) is 0 Å². The van der Waals surface area contributed by atoms with E-state index in [9.17, 15) is 39.0 Å². The van der Waals surface area contributed by atoms with Gasteiger partial charge in [0.1, 0.15) is 17.2 Å². The van der Waals surface area contributed by atoms with Crippen molar-refractivity contribution in [2.75, 3.05) is 42.6 Å². The van der Waals surface area contributed by atoms with Crippen LogP contribution in [0.4, 0.5) is 22.7 Å². The molecule has 11 aromatic rings. The van der Waals surface area contributed by atoms with E-state index in [0.29, 0.717) is 34.4 Å². The number of benzene rings is 11. The number of amides is 4. The summed E-state index contributed by atoms with van der Waals surface area (Å²) in [5.74, 6) is -0.720. The first-order valence-corrected chi connectivity index (χ1v) is 31.8. The summed E-state index contributed by atoms with van der Waals surface area (Å²) in [6.45, 7) is 7.67. The monoisotopic (exact) mass is 1330 g/mol. The number of carbonyl (C=O) groups is 6. The fourth-order valence-corrected chi connectivity index (χ4v) is 9.90. The number of nitrogens with one attached hydrogen (secondary N) is 4. The SMILES string of the molecule is C=Cc1ccc(C)c(NC(=O)c2ccccc2)c1.COc1cccc(/C=C/c2ccc(C(=O)O)c(NC(=O)c3ccccc3)c2)c1.COc1cccc(/C=C/c2ccc(C)c(NC(=O)c3ccccc3)c2)c1.COc1cccc(CCc2ccc(C(=O)O)c(NC(=O)c3ccccc3)c2)c1. The highest BCUT2D eigenvalue weighted by Crippen LogP contribution is 2.26. The molecule has 0 radical (unpaired) electrons. The zero-order valence-electron chi connectivity index (χ0n) is 56.0. The molecule has 100 heavy (non-hydrogen) atoms. The van der Waals surface area contributed by atoms with Crippen LogP contribution in [-0.2, 0) is 12.8 Å². The van der Waals surface area contributed by atoms with Crippen LogP contribution in [0.5, 0.6) is 17.2 Å². The van der Waals surface area contributed by atoms with Gasteiger partial charge in [0, 0.05) is 33.6 Å². The molecule has 0 bridgehead atoms. The Hall–Kier alpha value is -13.1. The van der Waals surface area contributed by atoms with E-state index in [0.717, 1.165) is 85.1 Å². The molecule has 0 atom stereocenters. The topological polar surface area (TPSA) is 219 Å². The molecule has 502 valence electrons. The van der Waals surface area contributed by atoms with Gasteiger partial charge >= 0.3 is 11.9 Å². The van der Waals surface area contributed by atoms with Crippen LogP contribution >= 0.6 is 0 Å². The summed E-state index contributed by atoms with van der Waals surface area (Å²) in [6.07, 6.45) is 11.0. The lowest BCUT2D eigenvalue weighted by atomic mass is 10.0. The molecular weight excluding hydrogens is 1250 g/mol. The Kier molecular flexibility index (Phi) is 27.1. The number of aromatic carboxylic acids is 2. The van der Waals surface area contributed by atoms with Gasteiger partial charge in [-0.1, -0.05) is 183 Å². The van der Waals surface area contributed by atoms with Crippen molar-refractivity contribution < 1.29 is 53.2 Å². The summed E-state index contributed by atoms with van der Waals surface area (Å²) in [5, 5.41) is 30.2. The smallest absolute Gasteiger partial charge is 0.337 e. The molecule has 15 nitrogen and oxygen atoms in total. The number of methoxy groups -OCH3 is 3. The van der Waals surface area contributed by atoms with Crippen LogP contribution in [-0.4, -0.2) is 67.1 Å². The number of aryl methyl sites for hydroxylation is 4. The van der Waals surface area contributed by atoms with Gasteiger partial charge in [0.05, 0.1) is 43.8 Å². The van der Waals surface area contributed by atoms with Crippen LogP contribution in [0.3, 0.4) is 0 Å². The Morgan fingerprint density at radius 3 is 1.03 bits per heavy atom. The highest BCUT2D eigenvalue weighted by Gasteiger charge is 2.17. The van der Waals surface area contributed by atoms with E-state index in [4.69, 9.17) is 14.2 Å². The first-order chi connectivity index (χ1) is 48.5. The maximum atomic E-state index is 12.4. The van der Waals surface area contributed by atoms with E-state index in [1.54, 1.807) is 124 Å². The molecule has 15 heteroatoms. The Bertz CT molecular complexity index is 4690. The molecule has 11 rings (SSSR count). The summed E-state index contributed by atoms with van der Waals surface area (Å²) >= 11 is 0. The highest BCUT2D eigenvalue weighted by atomic mass is 16.5. The fourth-order valence-electron chi connectivity index (χ4n) is 9.90. The predicted octanol–water partition coefficient (Wildman–Crippen LogP) is 18.6. The summed E-state index contributed by atoms with van der Waals surface area (Å²) in [7, 11) is 4.89. The quantitative estimate of drug-likeness (QED) is 0.0372. The molecule has 6 N–H and O–H groups in total. The molecule has 0 aromatic heterocycles. The molecule has 0 saturated carbocycles. The third-order valence-corrected chi connectivity index (χ3v) is 15.4. The Morgan fingerprint density at radius 2 is 0.640 bits per heavy atom. The van der Waals surface area contributed by atoms with E-state index in [-0.39, 0.29) is 40.4 Å². The van der Waals surface area contributed by atoms with Crippen molar-refractivity contribution in [3.05, 3.63) is 357 Å². The van der Waals surface area contributed by atoms with Crippen molar-refractivity contribution in [1.82, 2.24) is 0 Å². The minimum Gasteiger partial charge on any atom is -0.497 e. The first-order valence-electron chi connectivity index (χ1n) is 31.8. The average molecular weight is 1330 g/mol. The lowest BCUT2D eigenvalue weighted by Gasteiger charge is -2.11. The second-order valence-electron chi connectivity index (χ2n) is 22.5. The standard InChI is InChI=1S/C23H21NO4.C23H19NO4.C23H21NO2.C16H15NO/c2*1-28-19-9-5-6-16(14-19)10-11-17-12-13-20(23(26)27)21(15-17)24-22(25)18-7-3-2-4-8-18;1-17-11-12-19(14-13-18-7-6-10-21(15-18)26-2)16-22(17)24-23(25)20-8-4-3-5-9-20;1-3-13-10-9-12(2)15(11-13)17-16(18)14-7-5-4-6-8-14/h2-9,12-15H,10-11H2,1H3,(H,24,25)(H,26,27);2-15H,1H3,(H,24,25)(H,26,27);3-16H,1-2H3,(H,24,25);3-11H,1H2,2H3,(H,17,18)/b;11-10+;14-13+;. The molecule has 0 heterocycles. The zero-order chi connectivity index (χ0) is 71.2. The minimum atomic E-state index is -1.10.